The van der Waals surface area contributed by atoms with Gasteiger partial charge in [0.25, 0.3) is 5.91 Å². The van der Waals surface area contributed by atoms with Crippen molar-refractivity contribution < 1.29 is 9.90 Å². The van der Waals surface area contributed by atoms with Gasteiger partial charge in [0.05, 0.1) is 11.7 Å². The number of fused-ring (bicyclic) bond motifs is 1. The first-order valence-electron chi connectivity index (χ1n) is 7.45. The molecule has 4 heteroatoms. The fourth-order valence-electron chi connectivity index (χ4n) is 3.49. The molecule has 1 aromatic carbocycles. The predicted octanol–water partition coefficient (Wildman–Crippen LogP) is 2.50. The summed E-state index contributed by atoms with van der Waals surface area (Å²) in [6.07, 6.45) is 4.71. The Bertz CT molecular complexity index is 517. The summed E-state index contributed by atoms with van der Waals surface area (Å²) in [4.78, 5) is 12.2. The minimum atomic E-state index is -0.478. The molecule has 1 saturated carbocycles. The largest absolute Gasteiger partial charge is 0.393 e. The van der Waals surface area contributed by atoms with Gasteiger partial charge in [0.2, 0.25) is 0 Å². The zero-order chi connectivity index (χ0) is 14.2. The molecule has 1 amide bonds. The van der Waals surface area contributed by atoms with Gasteiger partial charge < -0.3 is 15.7 Å². The fraction of sp³-hybridized carbons (Fsp3) is 0.562. The topological polar surface area (TPSA) is 61.4 Å². The SMILES string of the molecule is CC1(C[C@H]2CCCC[C@@H]2O)NC(=O)c2ccccc2N1. The molecule has 4 nitrogen and oxygen atoms in total. The van der Waals surface area contributed by atoms with Crippen molar-refractivity contribution in [3.05, 3.63) is 29.8 Å². The van der Waals surface area contributed by atoms with E-state index in [-0.39, 0.29) is 17.9 Å². The van der Waals surface area contributed by atoms with Gasteiger partial charge in [-0.3, -0.25) is 4.79 Å². The minimum absolute atomic E-state index is 0.0350. The molecule has 108 valence electrons. The number of hydrogen-bond acceptors (Lipinski definition) is 3. The highest BCUT2D eigenvalue weighted by Crippen LogP contribution is 2.34. The van der Waals surface area contributed by atoms with E-state index in [2.05, 4.69) is 10.6 Å². The third-order valence-corrected chi connectivity index (χ3v) is 4.51. The second kappa shape index (κ2) is 5.09. The van der Waals surface area contributed by atoms with E-state index >= 15 is 0 Å². The molecule has 3 N–H and O–H groups in total. The molecule has 0 spiro atoms. The van der Waals surface area contributed by atoms with Crippen LogP contribution in [0, 0.1) is 5.92 Å². The second-order valence-corrected chi connectivity index (χ2v) is 6.27. The van der Waals surface area contributed by atoms with Gasteiger partial charge in [0, 0.05) is 5.69 Å². The van der Waals surface area contributed by atoms with Crippen LogP contribution in [0.2, 0.25) is 0 Å². The number of rotatable bonds is 2. The van der Waals surface area contributed by atoms with Crippen LogP contribution in [0.25, 0.3) is 0 Å². The highest BCUT2D eigenvalue weighted by molar-refractivity contribution is 6.02. The molecular weight excluding hydrogens is 252 g/mol. The average Bonchev–Trinajstić information content (AvgIpc) is 2.41. The number of carbonyl (C=O) groups excluding carboxylic acids is 1. The van der Waals surface area contributed by atoms with Gasteiger partial charge >= 0.3 is 0 Å². The third-order valence-electron chi connectivity index (χ3n) is 4.51. The van der Waals surface area contributed by atoms with Crippen molar-refractivity contribution in [3.63, 3.8) is 0 Å². The van der Waals surface area contributed by atoms with Crippen LogP contribution in [0.5, 0.6) is 0 Å². The standard InChI is InChI=1S/C16H22N2O2/c1-16(10-11-6-2-5-9-14(11)19)17-13-8-4-3-7-12(13)15(20)18-16/h3-4,7-8,11,14,17,19H,2,5-6,9-10H2,1H3,(H,18,20)/t11-,14+,16?/m1/s1. The summed E-state index contributed by atoms with van der Waals surface area (Å²) in [5.41, 5.74) is 1.09. The number of nitrogens with one attached hydrogen (secondary N) is 2. The predicted molar refractivity (Wildman–Crippen MR) is 78.5 cm³/mol. The fourth-order valence-corrected chi connectivity index (χ4v) is 3.49. The molecule has 1 fully saturated rings. The monoisotopic (exact) mass is 274 g/mol. The summed E-state index contributed by atoms with van der Waals surface area (Å²) >= 11 is 0. The van der Waals surface area contributed by atoms with Crippen LogP contribution in [0.3, 0.4) is 0 Å². The first-order valence-corrected chi connectivity index (χ1v) is 7.45. The van der Waals surface area contributed by atoms with Crippen molar-refractivity contribution in [2.24, 2.45) is 5.92 Å². The first-order chi connectivity index (χ1) is 9.57. The van der Waals surface area contributed by atoms with E-state index < -0.39 is 5.66 Å². The number of amides is 1. The van der Waals surface area contributed by atoms with Crippen molar-refractivity contribution in [2.75, 3.05) is 5.32 Å². The Morgan fingerprint density at radius 3 is 2.80 bits per heavy atom. The maximum absolute atomic E-state index is 12.2. The number of benzene rings is 1. The van der Waals surface area contributed by atoms with Gasteiger partial charge in [0.15, 0.2) is 0 Å². The summed E-state index contributed by atoms with van der Waals surface area (Å²) in [6, 6.07) is 7.56. The highest BCUT2D eigenvalue weighted by Gasteiger charge is 2.37. The van der Waals surface area contributed by atoms with Gasteiger partial charge in [-0.1, -0.05) is 25.0 Å². The van der Waals surface area contributed by atoms with E-state index in [0.29, 0.717) is 5.56 Å². The van der Waals surface area contributed by atoms with E-state index in [1.807, 2.05) is 31.2 Å². The Morgan fingerprint density at radius 1 is 1.25 bits per heavy atom. The molecule has 1 aliphatic heterocycles. The van der Waals surface area contributed by atoms with Crippen molar-refractivity contribution >= 4 is 11.6 Å². The van der Waals surface area contributed by atoms with Gasteiger partial charge in [-0.2, -0.15) is 0 Å². The van der Waals surface area contributed by atoms with Crippen LogP contribution >= 0.6 is 0 Å². The Labute approximate surface area is 119 Å². The molecule has 0 saturated heterocycles. The Morgan fingerprint density at radius 2 is 2.00 bits per heavy atom. The summed E-state index contributed by atoms with van der Waals surface area (Å²) in [5, 5.41) is 16.6. The molecule has 1 aliphatic carbocycles. The van der Waals surface area contributed by atoms with Crippen molar-refractivity contribution in [2.45, 2.75) is 50.8 Å². The lowest BCUT2D eigenvalue weighted by Gasteiger charge is -2.41. The van der Waals surface area contributed by atoms with E-state index in [1.165, 1.54) is 6.42 Å². The zero-order valence-corrected chi connectivity index (χ0v) is 11.9. The van der Waals surface area contributed by atoms with Crippen molar-refractivity contribution in [1.82, 2.24) is 5.32 Å². The Hall–Kier alpha value is -1.55. The molecule has 20 heavy (non-hydrogen) atoms. The molecule has 1 aromatic rings. The molecule has 2 aliphatic rings. The van der Waals surface area contributed by atoms with Gasteiger partial charge in [-0.25, -0.2) is 0 Å². The molecule has 3 rings (SSSR count). The number of hydrogen-bond donors (Lipinski definition) is 3. The maximum Gasteiger partial charge on any atom is 0.255 e. The summed E-state index contributed by atoms with van der Waals surface area (Å²) in [5.74, 6) is 0.221. The molecule has 0 aromatic heterocycles. The number of aliphatic hydroxyl groups excluding tert-OH is 1. The van der Waals surface area contributed by atoms with E-state index in [1.54, 1.807) is 0 Å². The van der Waals surface area contributed by atoms with Gasteiger partial charge in [0.1, 0.15) is 5.66 Å². The van der Waals surface area contributed by atoms with Crippen molar-refractivity contribution in [3.8, 4) is 0 Å². The quantitative estimate of drug-likeness (QED) is 0.776. The summed E-state index contributed by atoms with van der Waals surface area (Å²) < 4.78 is 0. The van der Waals surface area contributed by atoms with Gasteiger partial charge in [-0.15, -0.1) is 0 Å². The lowest BCUT2D eigenvalue weighted by atomic mass is 9.80. The Kier molecular flexibility index (Phi) is 3.42. The summed E-state index contributed by atoms with van der Waals surface area (Å²) in [6.45, 7) is 2.00. The normalized spacial score (nSPS) is 33.0. The second-order valence-electron chi connectivity index (χ2n) is 6.27. The number of carbonyl (C=O) groups is 1. The van der Waals surface area contributed by atoms with Crippen molar-refractivity contribution in [1.29, 1.82) is 0 Å². The molecule has 1 unspecified atom stereocenters. The highest BCUT2D eigenvalue weighted by atomic mass is 16.3. The van der Waals surface area contributed by atoms with Crippen LogP contribution < -0.4 is 10.6 Å². The van der Waals surface area contributed by atoms with Crippen LogP contribution in [0.1, 0.15) is 49.4 Å². The summed E-state index contributed by atoms with van der Waals surface area (Å²) in [7, 11) is 0. The smallest absolute Gasteiger partial charge is 0.255 e. The van der Waals surface area contributed by atoms with Crippen LogP contribution in [-0.4, -0.2) is 22.8 Å². The van der Waals surface area contributed by atoms with E-state index in [0.717, 1.165) is 31.4 Å². The van der Waals surface area contributed by atoms with Crippen LogP contribution in [0.4, 0.5) is 5.69 Å². The average molecular weight is 274 g/mol. The van der Waals surface area contributed by atoms with Gasteiger partial charge in [-0.05, 0) is 44.2 Å². The lowest BCUT2D eigenvalue weighted by molar-refractivity contribution is 0.0497. The van der Waals surface area contributed by atoms with E-state index in [4.69, 9.17) is 0 Å². The molecular formula is C16H22N2O2. The maximum atomic E-state index is 12.2. The molecule has 3 atom stereocenters. The number of aliphatic hydroxyl groups is 1. The molecule has 0 bridgehead atoms. The minimum Gasteiger partial charge on any atom is -0.393 e. The Balaban J connectivity index is 1.78. The van der Waals surface area contributed by atoms with E-state index in [9.17, 15) is 9.90 Å². The molecule has 1 heterocycles. The van der Waals surface area contributed by atoms with Crippen LogP contribution in [-0.2, 0) is 0 Å². The third kappa shape index (κ3) is 2.52. The zero-order valence-electron chi connectivity index (χ0n) is 11.9. The van der Waals surface area contributed by atoms with Crippen LogP contribution in [0.15, 0.2) is 24.3 Å². The number of anilines is 1. The molecule has 0 radical (unpaired) electrons. The first kappa shape index (κ1) is 13.4. The number of para-hydroxylation sites is 1. The lowest BCUT2D eigenvalue weighted by Crippen LogP contribution is -2.57.